The Hall–Kier alpha value is -0.640. The monoisotopic (exact) mass is 541 g/mol. The maximum absolute atomic E-state index is 5.75. The minimum atomic E-state index is 0.433. The van der Waals surface area contributed by atoms with Crippen molar-refractivity contribution in [3.05, 3.63) is 0 Å². The number of nitrogens with one attached hydrogen (secondary N) is 2. The van der Waals surface area contributed by atoms with E-state index >= 15 is 0 Å². The molecular formula is C34H59N3S. The van der Waals surface area contributed by atoms with Gasteiger partial charge >= 0.3 is 0 Å². The van der Waals surface area contributed by atoms with Crippen LogP contribution < -0.4 is 10.7 Å². The minimum Gasteiger partial charge on any atom is -0.359 e. The van der Waals surface area contributed by atoms with E-state index < -0.39 is 0 Å². The van der Waals surface area contributed by atoms with Crippen LogP contribution in [-0.2, 0) is 0 Å². The predicted molar refractivity (Wildman–Crippen MR) is 166 cm³/mol. The number of hydrogen-bond donors (Lipinski definition) is 2. The Morgan fingerprint density at radius 2 is 1.61 bits per heavy atom. The Kier molecular flexibility index (Phi) is 9.17. The number of fused-ring (bicyclic) bond motifs is 5. The number of rotatable bonds is 7. The van der Waals surface area contributed by atoms with Gasteiger partial charge in [0.25, 0.3) is 0 Å². The molecule has 0 aromatic carbocycles. The van der Waals surface area contributed by atoms with E-state index in [0.29, 0.717) is 22.8 Å². The Morgan fingerprint density at radius 1 is 0.868 bits per heavy atom. The van der Waals surface area contributed by atoms with E-state index in [9.17, 15) is 0 Å². The normalized spacial score (nSPS) is 41.3. The standard InChI is InChI=1S/C34H59N3S/c1-23(2)12-11-13-24(3)27-17-18-28-26-22-31(36-37-32(38)35-25-14-7-6-8-15-25)30-16-9-10-20-33(30,4)29(26)19-21-34(27,28)5/h23-30H,6-22H2,1-5H3,(H2,35,37,38)/b36-31+/t24-,26+,27-,28+,29+,30?,33-,34-/m1/s1. The molecule has 4 heteroatoms. The summed E-state index contributed by atoms with van der Waals surface area (Å²) in [6.45, 7) is 12.8. The van der Waals surface area contributed by atoms with E-state index in [-0.39, 0.29) is 0 Å². The summed E-state index contributed by atoms with van der Waals surface area (Å²) in [5, 5.41) is 9.53. The molecule has 5 rings (SSSR count). The second kappa shape index (κ2) is 12.1. The summed E-state index contributed by atoms with van der Waals surface area (Å²) < 4.78 is 0. The van der Waals surface area contributed by atoms with Crippen molar-refractivity contribution in [3.8, 4) is 0 Å². The Morgan fingerprint density at radius 3 is 2.37 bits per heavy atom. The van der Waals surface area contributed by atoms with Crippen molar-refractivity contribution < 1.29 is 0 Å². The maximum atomic E-state index is 5.75. The second-order valence-corrected chi connectivity index (χ2v) is 15.8. The summed E-state index contributed by atoms with van der Waals surface area (Å²) in [4.78, 5) is 0. The molecule has 38 heavy (non-hydrogen) atoms. The molecule has 1 unspecified atom stereocenters. The molecule has 5 fully saturated rings. The van der Waals surface area contributed by atoms with Crippen LogP contribution in [0, 0.1) is 52.3 Å². The van der Waals surface area contributed by atoms with Crippen LogP contribution in [0.2, 0.25) is 0 Å². The van der Waals surface area contributed by atoms with E-state index in [1.54, 1.807) is 0 Å². The third kappa shape index (κ3) is 5.73. The van der Waals surface area contributed by atoms with Crippen LogP contribution in [0.25, 0.3) is 0 Å². The highest BCUT2D eigenvalue weighted by molar-refractivity contribution is 7.80. The van der Waals surface area contributed by atoms with Gasteiger partial charge in [-0.15, -0.1) is 0 Å². The van der Waals surface area contributed by atoms with Crippen LogP contribution >= 0.6 is 12.2 Å². The minimum absolute atomic E-state index is 0.433. The van der Waals surface area contributed by atoms with E-state index in [1.807, 2.05) is 0 Å². The number of hydrazone groups is 1. The molecule has 0 spiro atoms. The third-order valence-corrected chi connectivity index (χ3v) is 13.0. The van der Waals surface area contributed by atoms with Gasteiger partial charge in [0.15, 0.2) is 5.11 Å². The predicted octanol–water partition coefficient (Wildman–Crippen LogP) is 9.26. The molecule has 5 saturated carbocycles. The fourth-order valence-electron chi connectivity index (χ4n) is 10.9. The lowest BCUT2D eigenvalue weighted by Crippen LogP contribution is -2.56. The van der Waals surface area contributed by atoms with Crippen LogP contribution in [0.15, 0.2) is 5.10 Å². The Bertz CT molecular complexity index is 847. The topological polar surface area (TPSA) is 36.4 Å². The highest BCUT2D eigenvalue weighted by Gasteiger charge is 2.61. The van der Waals surface area contributed by atoms with Crippen molar-refractivity contribution in [2.75, 3.05) is 0 Å². The highest BCUT2D eigenvalue weighted by Crippen LogP contribution is 2.68. The van der Waals surface area contributed by atoms with Gasteiger partial charge in [-0.05, 0) is 116 Å². The van der Waals surface area contributed by atoms with Crippen LogP contribution in [0.5, 0.6) is 0 Å². The molecule has 2 N–H and O–H groups in total. The first-order valence-electron chi connectivity index (χ1n) is 16.9. The van der Waals surface area contributed by atoms with E-state index in [0.717, 1.165) is 40.6 Å². The molecule has 0 radical (unpaired) electrons. The summed E-state index contributed by atoms with van der Waals surface area (Å²) >= 11 is 5.75. The van der Waals surface area contributed by atoms with Gasteiger partial charge < -0.3 is 5.32 Å². The molecule has 0 aliphatic heterocycles. The summed E-state index contributed by atoms with van der Waals surface area (Å²) in [5.74, 6) is 5.89. The third-order valence-electron chi connectivity index (χ3n) is 12.8. The first kappa shape index (κ1) is 28.9. The zero-order chi connectivity index (χ0) is 26.9. The summed E-state index contributed by atoms with van der Waals surface area (Å²) in [6.07, 6.45) is 23.4. The maximum Gasteiger partial charge on any atom is 0.187 e. The molecular weight excluding hydrogens is 482 g/mol. The number of hydrogen-bond acceptors (Lipinski definition) is 2. The molecule has 8 atom stereocenters. The molecule has 216 valence electrons. The molecule has 0 bridgehead atoms. The van der Waals surface area contributed by atoms with Crippen molar-refractivity contribution in [1.29, 1.82) is 0 Å². The lowest BCUT2D eigenvalue weighted by Gasteiger charge is -2.61. The fourth-order valence-corrected chi connectivity index (χ4v) is 11.1. The molecule has 3 nitrogen and oxygen atoms in total. The summed E-state index contributed by atoms with van der Waals surface area (Å²) in [5.41, 5.74) is 5.82. The molecule has 0 saturated heterocycles. The SMILES string of the molecule is CC(C)CCC[C@@H](C)[C@H]1CC[C@H]2[C@@H]3C/C(=N\NC(=S)NC4CCCCC4)C4CCCC[C@]4(C)[C@H]3CC[C@]12C. The highest BCUT2D eigenvalue weighted by atomic mass is 32.1. The summed E-state index contributed by atoms with van der Waals surface area (Å²) in [6, 6.07) is 0.539. The van der Waals surface area contributed by atoms with Crippen LogP contribution in [0.4, 0.5) is 0 Å². The van der Waals surface area contributed by atoms with Gasteiger partial charge in [-0.2, -0.15) is 5.10 Å². The average Bonchev–Trinajstić information content (AvgIpc) is 3.25. The quantitative estimate of drug-likeness (QED) is 0.249. The van der Waals surface area contributed by atoms with Gasteiger partial charge in [0.1, 0.15) is 0 Å². The van der Waals surface area contributed by atoms with Crippen molar-refractivity contribution in [2.24, 2.45) is 57.4 Å². The van der Waals surface area contributed by atoms with Gasteiger partial charge in [0.05, 0.1) is 0 Å². The zero-order valence-electron chi connectivity index (χ0n) is 25.5. The van der Waals surface area contributed by atoms with E-state index in [2.05, 4.69) is 45.4 Å². The average molecular weight is 542 g/mol. The van der Waals surface area contributed by atoms with Crippen molar-refractivity contribution >= 4 is 23.0 Å². The zero-order valence-corrected chi connectivity index (χ0v) is 26.3. The van der Waals surface area contributed by atoms with Gasteiger partial charge in [-0.3, -0.25) is 5.43 Å². The van der Waals surface area contributed by atoms with Crippen molar-refractivity contribution in [2.45, 2.75) is 150 Å². The van der Waals surface area contributed by atoms with E-state index in [1.165, 1.54) is 115 Å². The van der Waals surface area contributed by atoms with E-state index in [4.69, 9.17) is 17.3 Å². The van der Waals surface area contributed by atoms with Crippen molar-refractivity contribution in [1.82, 2.24) is 10.7 Å². The largest absolute Gasteiger partial charge is 0.359 e. The Balaban J connectivity index is 1.31. The lowest BCUT2D eigenvalue weighted by molar-refractivity contribution is -0.0798. The molecule has 5 aliphatic rings. The first-order valence-corrected chi connectivity index (χ1v) is 17.3. The van der Waals surface area contributed by atoms with Crippen molar-refractivity contribution in [3.63, 3.8) is 0 Å². The fraction of sp³-hybridized carbons (Fsp3) is 0.941. The Labute approximate surface area is 240 Å². The lowest BCUT2D eigenvalue weighted by atomic mass is 9.44. The van der Waals surface area contributed by atoms with Crippen LogP contribution in [-0.4, -0.2) is 16.9 Å². The molecule has 0 aromatic heterocycles. The van der Waals surface area contributed by atoms with Gasteiger partial charge in [-0.25, -0.2) is 0 Å². The smallest absolute Gasteiger partial charge is 0.187 e. The molecule has 0 heterocycles. The number of nitrogens with zero attached hydrogens (tertiary/aromatic N) is 1. The summed E-state index contributed by atoms with van der Waals surface area (Å²) in [7, 11) is 0. The van der Waals surface area contributed by atoms with Crippen LogP contribution in [0.3, 0.4) is 0 Å². The molecule has 5 aliphatic carbocycles. The van der Waals surface area contributed by atoms with Gasteiger partial charge in [-0.1, -0.05) is 86.0 Å². The first-order chi connectivity index (χ1) is 18.2. The van der Waals surface area contributed by atoms with Gasteiger partial charge in [0.2, 0.25) is 0 Å². The molecule has 0 aromatic rings. The van der Waals surface area contributed by atoms with Gasteiger partial charge in [0, 0.05) is 17.7 Å². The molecule has 0 amide bonds. The second-order valence-electron chi connectivity index (χ2n) is 15.4. The number of thiocarbonyl (C=S) groups is 1. The van der Waals surface area contributed by atoms with Crippen LogP contribution in [0.1, 0.15) is 144 Å².